The number of hydrogen-bond donors (Lipinski definition) is 1. The molecule has 170 valence electrons. The molecule has 0 radical (unpaired) electrons. The first-order valence-corrected chi connectivity index (χ1v) is 12.0. The van der Waals surface area contributed by atoms with E-state index < -0.39 is 0 Å². The van der Waals surface area contributed by atoms with Crippen molar-refractivity contribution in [2.45, 2.75) is 32.2 Å². The first-order valence-electron chi connectivity index (χ1n) is 11.7. The van der Waals surface area contributed by atoms with Gasteiger partial charge in [0.15, 0.2) is 0 Å². The van der Waals surface area contributed by atoms with Crippen LogP contribution in [0.3, 0.4) is 0 Å². The first-order chi connectivity index (χ1) is 16.6. The molecule has 0 bridgehead atoms. The summed E-state index contributed by atoms with van der Waals surface area (Å²) in [7, 11) is 0. The molecule has 4 nitrogen and oxygen atoms in total. The summed E-state index contributed by atoms with van der Waals surface area (Å²) in [5.74, 6) is 2.38. The highest BCUT2D eigenvalue weighted by molar-refractivity contribution is 6.31. The van der Waals surface area contributed by atoms with Crippen LogP contribution in [0.2, 0.25) is 5.02 Å². The van der Waals surface area contributed by atoms with Crippen molar-refractivity contribution in [2.75, 3.05) is 18.0 Å². The molecule has 0 saturated carbocycles. The van der Waals surface area contributed by atoms with Crippen molar-refractivity contribution in [1.82, 2.24) is 5.32 Å². The second kappa shape index (κ2) is 9.75. The molecule has 0 spiro atoms. The summed E-state index contributed by atoms with van der Waals surface area (Å²) in [4.78, 5) is 20.0. The summed E-state index contributed by atoms with van der Waals surface area (Å²) in [5.41, 5.74) is 7.81. The third-order valence-corrected chi connectivity index (χ3v) is 6.87. The van der Waals surface area contributed by atoms with Gasteiger partial charge in [-0.15, -0.1) is 6.42 Å². The Bertz CT molecular complexity index is 1320. The van der Waals surface area contributed by atoms with E-state index in [1.165, 1.54) is 24.1 Å². The van der Waals surface area contributed by atoms with E-state index in [0.717, 1.165) is 42.0 Å². The Morgan fingerprint density at radius 2 is 1.91 bits per heavy atom. The molecule has 2 aliphatic heterocycles. The average Bonchev–Trinajstić information content (AvgIpc) is 3.53. The van der Waals surface area contributed by atoms with Gasteiger partial charge in [-0.2, -0.15) is 0 Å². The minimum absolute atomic E-state index is 0.186. The molecule has 5 heteroatoms. The van der Waals surface area contributed by atoms with Crippen LogP contribution >= 0.6 is 11.6 Å². The van der Waals surface area contributed by atoms with E-state index in [2.05, 4.69) is 40.4 Å². The van der Waals surface area contributed by atoms with Crippen molar-refractivity contribution in [2.24, 2.45) is 4.99 Å². The molecule has 34 heavy (non-hydrogen) atoms. The Kier molecular flexibility index (Phi) is 6.38. The molecular formula is C29H26ClN3O. The quantitative estimate of drug-likeness (QED) is 0.471. The van der Waals surface area contributed by atoms with E-state index >= 15 is 0 Å². The van der Waals surface area contributed by atoms with E-state index in [-0.39, 0.29) is 5.91 Å². The van der Waals surface area contributed by atoms with E-state index in [0.29, 0.717) is 29.1 Å². The zero-order chi connectivity index (χ0) is 23.5. The predicted octanol–water partition coefficient (Wildman–Crippen LogP) is 5.72. The molecule has 3 aromatic carbocycles. The van der Waals surface area contributed by atoms with Crippen molar-refractivity contribution in [3.63, 3.8) is 0 Å². The minimum Gasteiger partial charge on any atom is -0.371 e. The van der Waals surface area contributed by atoms with Crippen molar-refractivity contribution in [1.29, 1.82) is 0 Å². The minimum atomic E-state index is -0.186. The second-order valence-corrected chi connectivity index (χ2v) is 9.24. The number of nitrogens with one attached hydrogen (secondary N) is 1. The van der Waals surface area contributed by atoms with Gasteiger partial charge in [-0.05, 0) is 59.9 Å². The number of nitrogens with zero attached hydrogens (tertiary/aromatic N) is 2. The highest BCUT2D eigenvalue weighted by atomic mass is 35.5. The fourth-order valence-corrected chi connectivity index (χ4v) is 4.87. The SMILES string of the molecule is C#Cc1ccccc1C(=O)NCc1ccc(Cl)c(CC2=Nc3cc(N4CCCC4)ccc3C2)c1. The number of rotatable bonds is 6. The number of carbonyl (C=O) groups excluding carboxylic acids is 1. The Morgan fingerprint density at radius 3 is 2.74 bits per heavy atom. The number of carbonyl (C=O) groups is 1. The molecule has 3 aromatic rings. The summed E-state index contributed by atoms with van der Waals surface area (Å²) in [5, 5.41) is 3.68. The zero-order valence-corrected chi connectivity index (χ0v) is 19.7. The van der Waals surface area contributed by atoms with Crippen LogP contribution < -0.4 is 10.2 Å². The molecule has 2 heterocycles. The molecule has 1 fully saturated rings. The molecule has 0 atom stereocenters. The average molecular weight is 468 g/mol. The summed E-state index contributed by atoms with van der Waals surface area (Å²) in [6, 6.07) is 19.7. The van der Waals surface area contributed by atoms with Gasteiger partial charge in [-0.1, -0.05) is 47.9 Å². The van der Waals surface area contributed by atoms with Crippen LogP contribution in [0.5, 0.6) is 0 Å². The number of fused-ring (bicyclic) bond motifs is 1. The molecule has 1 amide bonds. The van der Waals surface area contributed by atoms with Gasteiger partial charge in [-0.3, -0.25) is 9.79 Å². The molecular weight excluding hydrogens is 442 g/mol. The summed E-state index contributed by atoms with van der Waals surface area (Å²) < 4.78 is 0. The number of halogens is 1. The van der Waals surface area contributed by atoms with E-state index in [1.54, 1.807) is 12.1 Å². The number of hydrogen-bond acceptors (Lipinski definition) is 3. The van der Waals surface area contributed by atoms with Crippen LogP contribution in [0, 0.1) is 12.3 Å². The van der Waals surface area contributed by atoms with Crippen molar-refractivity contribution in [3.8, 4) is 12.3 Å². The Labute approximate surface area is 205 Å². The van der Waals surface area contributed by atoms with Crippen LogP contribution in [-0.2, 0) is 19.4 Å². The highest BCUT2D eigenvalue weighted by Gasteiger charge is 2.19. The molecule has 1 saturated heterocycles. The maximum absolute atomic E-state index is 12.6. The number of amides is 1. The number of benzene rings is 3. The number of terminal acetylenes is 1. The van der Waals surface area contributed by atoms with Gasteiger partial charge in [0.25, 0.3) is 5.91 Å². The fraction of sp³-hybridized carbons (Fsp3) is 0.241. The molecule has 5 rings (SSSR count). The standard InChI is InChI=1S/C29H26ClN3O/c1-2-21-7-3-4-8-26(21)29(34)31-19-20-9-12-27(30)23(15-20)17-24-16-22-10-11-25(18-28(22)32-24)33-13-5-6-14-33/h1,3-4,7-12,15,18H,5-6,13-14,16-17,19H2,(H,31,34). The first kappa shape index (κ1) is 22.3. The van der Waals surface area contributed by atoms with Crippen LogP contribution in [0.25, 0.3) is 0 Å². The lowest BCUT2D eigenvalue weighted by Crippen LogP contribution is -2.23. The Balaban J connectivity index is 1.27. The van der Waals surface area contributed by atoms with E-state index in [9.17, 15) is 4.79 Å². The van der Waals surface area contributed by atoms with Gasteiger partial charge in [0.2, 0.25) is 0 Å². The Morgan fingerprint density at radius 1 is 1.09 bits per heavy atom. The molecule has 0 aromatic heterocycles. The largest absolute Gasteiger partial charge is 0.371 e. The second-order valence-electron chi connectivity index (χ2n) is 8.84. The maximum atomic E-state index is 12.6. The molecule has 2 aliphatic rings. The van der Waals surface area contributed by atoms with Crippen LogP contribution in [0.1, 0.15) is 45.5 Å². The lowest BCUT2D eigenvalue weighted by atomic mass is 10.0. The van der Waals surface area contributed by atoms with Crippen molar-refractivity contribution >= 4 is 34.6 Å². The van der Waals surface area contributed by atoms with E-state index in [1.807, 2.05) is 24.3 Å². The monoisotopic (exact) mass is 467 g/mol. The normalized spacial score (nSPS) is 14.5. The lowest BCUT2D eigenvalue weighted by molar-refractivity contribution is 0.0950. The summed E-state index contributed by atoms with van der Waals surface area (Å²) >= 11 is 6.52. The lowest BCUT2D eigenvalue weighted by Gasteiger charge is -2.17. The van der Waals surface area contributed by atoms with Gasteiger partial charge >= 0.3 is 0 Å². The van der Waals surface area contributed by atoms with Crippen molar-refractivity contribution in [3.05, 3.63) is 93.5 Å². The fourth-order valence-electron chi connectivity index (χ4n) is 4.69. The van der Waals surface area contributed by atoms with E-state index in [4.69, 9.17) is 23.0 Å². The van der Waals surface area contributed by atoms with Gasteiger partial charge in [0.05, 0.1) is 11.3 Å². The van der Waals surface area contributed by atoms with Gasteiger partial charge < -0.3 is 10.2 Å². The van der Waals surface area contributed by atoms with Crippen molar-refractivity contribution < 1.29 is 4.79 Å². The Hall–Kier alpha value is -3.55. The molecule has 1 N–H and O–H groups in total. The number of anilines is 1. The predicted molar refractivity (Wildman–Crippen MR) is 139 cm³/mol. The van der Waals surface area contributed by atoms with Crippen LogP contribution in [-0.4, -0.2) is 24.7 Å². The molecule has 0 aliphatic carbocycles. The van der Waals surface area contributed by atoms with Crippen LogP contribution in [0.15, 0.2) is 65.7 Å². The topological polar surface area (TPSA) is 44.7 Å². The smallest absolute Gasteiger partial charge is 0.252 e. The number of aliphatic imine (C=N–C) groups is 1. The highest BCUT2D eigenvalue weighted by Crippen LogP contribution is 2.33. The third-order valence-electron chi connectivity index (χ3n) is 6.50. The van der Waals surface area contributed by atoms with Gasteiger partial charge in [0, 0.05) is 54.5 Å². The van der Waals surface area contributed by atoms with Crippen LogP contribution in [0.4, 0.5) is 11.4 Å². The molecule has 0 unspecified atom stereocenters. The summed E-state index contributed by atoms with van der Waals surface area (Å²) in [6.45, 7) is 2.65. The van der Waals surface area contributed by atoms with Gasteiger partial charge in [-0.25, -0.2) is 0 Å². The maximum Gasteiger partial charge on any atom is 0.252 e. The van der Waals surface area contributed by atoms with Gasteiger partial charge in [0.1, 0.15) is 0 Å². The third kappa shape index (κ3) is 4.71. The summed E-state index contributed by atoms with van der Waals surface area (Å²) in [6.07, 6.45) is 9.58. The zero-order valence-electron chi connectivity index (χ0n) is 19.0.